The molecule has 3 rings (SSSR count). The monoisotopic (exact) mass is 313 g/mol. The fraction of sp³-hybridized carbons (Fsp3) is 0.353. The molecule has 1 saturated carbocycles. The molecule has 2 aromatic rings. The second kappa shape index (κ2) is 6.24. The molecule has 1 aliphatic rings. The number of amides is 1. The number of para-hydroxylation sites is 1. The maximum Gasteiger partial charge on any atom is 0.326 e. The van der Waals surface area contributed by atoms with Gasteiger partial charge in [-0.25, -0.2) is 9.48 Å². The number of nitrogens with one attached hydrogen (secondary N) is 1. The number of rotatable bonds is 6. The van der Waals surface area contributed by atoms with Crippen LogP contribution in [-0.2, 0) is 4.79 Å². The van der Waals surface area contributed by atoms with E-state index in [4.69, 9.17) is 5.11 Å². The normalized spacial score (nSPS) is 15.2. The molecule has 1 aromatic carbocycles. The molecule has 6 heteroatoms. The molecule has 1 atom stereocenters. The molecule has 6 nitrogen and oxygen atoms in total. The van der Waals surface area contributed by atoms with Gasteiger partial charge in [-0.05, 0) is 31.4 Å². The number of carboxylic acid groups (broad SMARTS) is 1. The first kappa shape index (κ1) is 15.3. The topological polar surface area (TPSA) is 84.2 Å². The van der Waals surface area contributed by atoms with Crippen LogP contribution in [0.4, 0.5) is 0 Å². The highest BCUT2D eigenvalue weighted by molar-refractivity contribution is 5.97. The molecular formula is C17H19N3O3. The van der Waals surface area contributed by atoms with Crippen molar-refractivity contribution in [1.82, 2.24) is 15.1 Å². The average molecular weight is 313 g/mol. The Hall–Kier alpha value is -2.63. The van der Waals surface area contributed by atoms with Crippen LogP contribution >= 0.6 is 0 Å². The van der Waals surface area contributed by atoms with Crippen LogP contribution in [0.5, 0.6) is 0 Å². The highest BCUT2D eigenvalue weighted by atomic mass is 16.4. The summed E-state index contributed by atoms with van der Waals surface area (Å²) < 4.78 is 1.79. The number of carbonyl (C=O) groups excluding carboxylic acids is 1. The number of aromatic nitrogens is 2. The van der Waals surface area contributed by atoms with E-state index in [1.54, 1.807) is 11.6 Å². The molecule has 1 aliphatic carbocycles. The third-order valence-electron chi connectivity index (χ3n) is 4.03. The van der Waals surface area contributed by atoms with Gasteiger partial charge in [-0.15, -0.1) is 0 Å². The summed E-state index contributed by atoms with van der Waals surface area (Å²) in [5, 5.41) is 16.0. The third kappa shape index (κ3) is 3.11. The van der Waals surface area contributed by atoms with E-state index in [9.17, 15) is 9.59 Å². The first-order valence-corrected chi connectivity index (χ1v) is 7.78. The minimum Gasteiger partial charge on any atom is -0.480 e. The van der Waals surface area contributed by atoms with Crippen LogP contribution in [0.1, 0.15) is 48.2 Å². The predicted molar refractivity (Wildman–Crippen MR) is 84.7 cm³/mol. The Morgan fingerprint density at radius 1 is 1.35 bits per heavy atom. The van der Waals surface area contributed by atoms with Crippen molar-refractivity contribution in [2.75, 3.05) is 0 Å². The molecular weight excluding hydrogens is 294 g/mol. The number of nitrogens with zero attached hydrogens (tertiary/aromatic N) is 2. The predicted octanol–water partition coefficient (Wildman–Crippen LogP) is 2.34. The van der Waals surface area contributed by atoms with E-state index in [-0.39, 0.29) is 5.91 Å². The second-order valence-electron chi connectivity index (χ2n) is 5.74. The Morgan fingerprint density at radius 2 is 2.04 bits per heavy atom. The standard InChI is InChI=1S/C17H19N3O3/c1-2-14(17(22)23)19-16(21)13-10-18-20(15(13)11-8-9-11)12-6-4-3-5-7-12/h3-7,10-11,14H,2,8-9H2,1H3,(H,19,21)(H,22,23). The Labute approximate surface area is 134 Å². The maximum absolute atomic E-state index is 12.5. The molecule has 0 saturated heterocycles. The molecule has 120 valence electrons. The van der Waals surface area contributed by atoms with Gasteiger partial charge in [0, 0.05) is 5.92 Å². The number of hydrogen-bond donors (Lipinski definition) is 2. The van der Waals surface area contributed by atoms with Gasteiger partial charge in [0.1, 0.15) is 6.04 Å². The fourth-order valence-corrected chi connectivity index (χ4v) is 2.63. The third-order valence-corrected chi connectivity index (χ3v) is 4.03. The molecule has 1 aromatic heterocycles. The molecule has 2 N–H and O–H groups in total. The van der Waals surface area contributed by atoms with Crippen molar-refractivity contribution in [3.63, 3.8) is 0 Å². The molecule has 0 spiro atoms. The SMILES string of the molecule is CCC(NC(=O)c1cnn(-c2ccccc2)c1C1CC1)C(=O)O. The summed E-state index contributed by atoms with van der Waals surface area (Å²) >= 11 is 0. The Balaban J connectivity index is 1.93. The van der Waals surface area contributed by atoms with Gasteiger partial charge in [-0.1, -0.05) is 25.1 Å². The lowest BCUT2D eigenvalue weighted by molar-refractivity contribution is -0.139. The van der Waals surface area contributed by atoms with Gasteiger partial charge in [-0.3, -0.25) is 4.79 Å². The van der Waals surface area contributed by atoms with Crippen LogP contribution in [0.15, 0.2) is 36.5 Å². The van der Waals surface area contributed by atoms with E-state index >= 15 is 0 Å². The van der Waals surface area contributed by atoms with Crippen LogP contribution in [0, 0.1) is 0 Å². The van der Waals surface area contributed by atoms with Gasteiger partial charge < -0.3 is 10.4 Å². The van der Waals surface area contributed by atoms with Crippen LogP contribution in [0.3, 0.4) is 0 Å². The Bertz CT molecular complexity index is 720. The first-order chi connectivity index (χ1) is 11.1. The highest BCUT2D eigenvalue weighted by Crippen LogP contribution is 2.42. The van der Waals surface area contributed by atoms with Crippen molar-refractivity contribution >= 4 is 11.9 Å². The lowest BCUT2D eigenvalue weighted by Gasteiger charge is -2.13. The molecule has 1 heterocycles. The van der Waals surface area contributed by atoms with Gasteiger partial charge in [0.25, 0.3) is 5.91 Å². The molecule has 1 amide bonds. The van der Waals surface area contributed by atoms with Crippen molar-refractivity contribution < 1.29 is 14.7 Å². The first-order valence-electron chi connectivity index (χ1n) is 7.78. The molecule has 0 radical (unpaired) electrons. The van der Waals surface area contributed by atoms with Crippen LogP contribution in [0.2, 0.25) is 0 Å². The van der Waals surface area contributed by atoms with E-state index in [0.29, 0.717) is 17.9 Å². The highest BCUT2D eigenvalue weighted by Gasteiger charge is 2.33. The van der Waals surface area contributed by atoms with E-state index in [1.165, 1.54) is 6.20 Å². The summed E-state index contributed by atoms with van der Waals surface area (Å²) in [6, 6.07) is 8.76. The number of benzene rings is 1. The fourth-order valence-electron chi connectivity index (χ4n) is 2.63. The van der Waals surface area contributed by atoms with Gasteiger partial charge in [0.15, 0.2) is 0 Å². The smallest absolute Gasteiger partial charge is 0.326 e. The molecule has 23 heavy (non-hydrogen) atoms. The quantitative estimate of drug-likeness (QED) is 0.857. The van der Waals surface area contributed by atoms with E-state index < -0.39 is 12.0 Å². The zero-order chi connectivity index (χ0) is 16.4. The summed E-state index contributed by atoms with van der Waals surface area (Å²) in [7, 11) is 0. The number of hydrogen-bond acceptors (Lipinski definition) is 3. The summed E-state index contributed by atoms with van der Waals surface area (Å²) in [5.74, 6) is -1.09. The van der Waals surface area contributed by atoms with Gasteiger partial charge >= 0.3 is 5.97 Å². The largest absolute Gasteiger partial charge is 0.480 e. The lowest BCUT2D eigenvalue weighted by atomic mass is 10.1. The summed E-state index contributed by atoms with van der Waals surface area (Å²) in [4.78, 5) is 23.6. The number of carbonyl (C=O) groups is 2. The van der Waals surface area contributed by atoms with Crippen molar-refractivity contribution in [3.8, 4) is 5.69 Å². The second-order valence-corrected chi connectivity index (χ2v) is 5.74. The van der Waals surface area contributed by atoms with Gasteiger partial charge in [0.05, 0.1) is 23.1 Å². The molecule has 0 bridgehead atoms. The average Bonchev–Trinajstić information content (AvgIpc) is 3.30. The Kier molecular flexibility index (Phi) is 4.14. The van der Waals surface area contributed by atoms with Crippen LogP contribution in [-0.4, -0.2) is 32.8 Å². The molecule has 0 aliphatic heterocycles. The van der Waals surface area contributed by atoms with Crippen molar-refractivity contribution in [1.29, 1.82) is 0 Å². The van der Waals surface area contributed by atoms with Gasteiger partial charge in [0.2, 0.25) is 0 Å². The maximum atomic E-state index is 12.5. The summed E-state index contributed by atoms with van der Waals surface area (Å²) in [6.07, 6.45) is 3.92. The minimum absolute atomic E-state index is 0.309. The molecule has 1 fully saturated rings. The van der Waals surface area contributed by atoms with Crippen LogP contribution < -0.4 is 5.32 Å². The summed E-state index contributed by atoms with van der Waals surface area (Å²) in [5.41, 5.74) is 2.24. The zero-order valence-corrected chi connectivity index (χ0v) is 12.9. The molecule has 1 unspecified atom stereocenters. The summed E-state index contributed by atoms with van der Waals surface area (Å²) in [6.45, 7) is 1.73. The van der Waals surface area contributed by atoms with E-state index in [2.05, 4.69) is 10.4 Å². The lowest BCUT2D eigenvalue weighted by Crippen LogP contribution is -2.40. The number of aliphatic carboxylic acids is 1. The van der Waals surface area contributed by atoms with Crippen molar-refractivity contribution in [2.45, 2.75) is 38.1 Å². The Morgan fingerprint density at radius 3 is 2.61 bits per heavy atom. The van der Waals surface area contributed by atoms with Crippen molar-refractivity contribution in [3.05, 3.63) is 47.8 Å². The van der Waals surface area contributed by atoms with Crippen LogP contribution in [0.25, 0.3) is 5.69 Å². The van der Waals surface area contributed by atoms with Crippen molar-refractivity contribution in [2.24, 2.45) is 0 Å². The van der Waals surface area contributed by atoms with E-state index in [1.807, 2.05) is 30.3 Å². The van der Waals surface area contributed by atoms with Gasteiger partial charge in [-0.2, -0.15) is 5.10 Å². The number of carboxylic acids is 1. The minimum atomic E-state index is -1.02. The van der Waals surface area contributed by atoms with E-state index in [0.717, 1.165) is 24.2 Å². The zero-order valence-electron chi connectivity index (χ0n) is 12.9.